The maximum absolute atomic E-state index is 12.8. The van der Waals surface area contributed by atoms with Gasteiger partial charge in [0.15, 0.2) is 0 Å². The van der Waals surface area contributed by atoms with Gasteiger partial charge in [0, 0.05) is 36.3 Å². The fourth-order valence-corrected chi connectivity index (χ4v) is 4.08. The third kappa shape index (κ3) is 6.78. The second-order valence-electron chi connectivity index (χ2n) is 8.23. The Labute approximate surface area is 211 Å². The molecule has 2 N–H and O–H groups in total. The van der Waals surface area contributed by atoms with Gasteiger partial charge in [0.25, 0.3) is 11.8 Å². The number of benzene rings is 3. The monoisotopic (exact) mass is 516 g/mol. The number of anilines is 1. The van der Waals surface area contributed by atoms with Crippen molar-refractivity contribution in [3.05, 3.63) is 77.4 Å². The number of nitrogens with zero attached hydrogens (tertiary/aromatic N) is 2. The first-order chi connectivity index (χ1) is 17.1. The minimum absolute atomic E-state index is 0.0286. The standard InChI is InChI=1S/C26H27F3N4O2S/c1-33(2)23-13-10-18(20-6-4-5-7-21(20)23)16-30-32-25(35)22(14-15-36-3)31-24(34)17-8-11-19(12-9-17)26(27,28)29/h4-13,16,22H,14-15H2,1-3H3,(H,31,34)(H,32,35). The maximum Gasteiger partial charge on any atom is 0.416 e. The van der Waals surface area contributed by atoms with E-state index in [0.29, 0.717) is 12.2 Å². The number of halogens is 3. The summed E-state index contributed by atoms with van der Waals surface area (Å²) >= 11 is 1.50. The summed E-state index contributed by atoms with van der Waals surface area (Å²) in [5.41, 5.74) is 3.52. The van der Waals surface area contributed by atoms with Crippen LogP contribution in [0.25, 0.3) is 10.8 Å². The molecule has 6 nitrogen and oxygen atoms in total. The largest absolute Gasteiger partial charge is 0.416 e. The summed E-state index contributed by atoms with van der Waals surface area (Å²) in [5, 5.41) is 8.70. The molecule has 0 saturated heterocycles. The van der Waals surface area contributed by atoms with Crippen LogP contribution in [0.15, 0.2) is 65.8 Å². The topological polar surface area (TPSA) is 73.8 Å². The second kappa shape index (κ2) is 11.9. The lowest BCUT2D eigenvalue weighted by Gasteiger charge is -2.17. The SMILES string of the molecule is CSCCC(NC(=O)c1ccc(C(F)(F)F)cc1)C(=O)NN=Cc1ccc(N(C)C)c2ccccc12. The zero-order valence-corrected chi connectivity index (χ0v) is 20.9. The van der Waals surface area contributed by atoms with E-state index in [-0.39, 0.29) is 5.56 Å². The van der Waals surface area contributed by atoms with Crippen molar-refractivity contribution in [2.75, 3.05) is 31.0 Å². The lowest BCUT2D eigenvalue weighted by molar-refractivity contribution is -0.137. The molecule has 10 heteroatoms. The van der Waals surface area contributed by atoms with Gasteiger partial charge < -0.3 is 10.2 Å². The molecule has 0 bridgehead atoms. The molecule has 0 saturated carbocycles. The zero-order valence-electron chi connectivity index (χ0n) is 20.1. The molecule has 190 valence electrons. The highest BCUT2D eigenvalue weighted by molar-refractivity contribution is 7.98. The van der Waals surface area contributed by atoms with Crippen LogP contribution in [0.3, 0.4) is 0 Å². The van der Waals surface area contributed by atoms with Gasteiger partial charge in [-0.3, -0.25) is 9.59 Å². The van der Waals surface area contributed by atoms with Gasteiger partial charge in [0.05, 0.1) is 11.8 Å². The number of carbonyl (C=O) groups is 2. The molecule has 36 heavy (non-hydrogen) atoms. The molecule has 0 aliphatic heterocycles. The molecule has 1 unspecified atom stereocenters. The molecular formula is C26H27F3N4O2S. The van der Waals surface area contributed by atoms with Crippen molar-refractivity contribution in [1.29, 1.82) is 0 Å². The maximum atomic E-state index is 12.8. The van der Waals surface area contributed by atoms with Gasteiger partial charge >= 0.3 is 6.18 Å². The van der Waals surface area contributed by atoms with Crippen LogP contribution in [0, 0.1) is 0 Å². The minimum Gasteiger partial charge on any atom is -0.377 e. The van der Waals surface area contributed by atoms with Crippen molar-refractivity contribution in [2.45, 2.75) is 18.6 Å². The molecule has 0 aliphatic carbocycles. The summed E-state index contributed by atoms with van der Waals surface area (Å²) in [6, 6.07) is 14.7. The average Bonchev–Trinajstić information content (AvgIpc) is 2.85. The van der Waals surface area contributed by atoms with Crippen LogP contribution < -0.4 is 15.6 Å². The van der Waals surface area contributed by atoms with Crippen molar-refractivity contribution < 1.29 is 22.8 Å². The Bertz CT molecular complexity index is 1240. The van der Waals surface area contributed by atoms with Crippen LogP contribution in [-0.2, 0) is 11.0 Å². The number of hydrazone groups is 1. The Morgan fingerprint density at radius 2 is 1.69 bits per heavy atom. The number of carbonyl (C=O) groups excluding carboxylic acids is 2. The average molecular weight is 517 g/mol. The molecule has 0 aliphatic rings. The highest BCUT2D eigenvalue weighted by Crippen LogP contribution is 2.29. The van der Waals surface area contributed by atoms with Crippen LogP contribution >= 0.6 is 11.8 Å². The Morgan fingerprint density at radius 3 is 2.31 bits per heavy atom. The van der Waals surface area contributed by atoms with E-state index in [1.165, 1.54) is 11.8 Å². The van der Waals surface area contributed by atoms with Crippen LogP contribution in [-0.4, -0.2) is 50.2 Å². The number of hydrogen-bond acceptors (Lipinski definition) is 5. The summed E-state index contributed by atoms with van der Waals surface area (Å²) in [4.78, 5) is 27.4. The molecule has 0 fully saturated rings. The molecule has 3 rings (SSSR count). The molecule has 3 aromatic carbocycles. The zero-order chi connectivity index (χ0) is 26.3. The number of rotatable bonds is 9. The van der Waals surface area contributed by atoms with E-state index in [1.807, 2.05) is 61.6 Å². The van der Waals surface area contributed by atoms with Gasteiger partial charge in [-0.05, 0) is 54.1 Å². The van der Waals surface area contributed by atoms with E-state index in [2.05, 4.69) is 15.8 Å². The van der Waals surface area contributed by atoms with Gasteiger partial charge in [0.1, 0.15) is 6.04 Å². The first kappa shape index (κ1) is 27.1. The lowest BCUT2D eigenvalue weighted by atomic mass is 10.0. The first-order valence-electron chi connectivity index (χ1n) is 11.1. The minimum atomic E-state index is -4.49. The number of alkyl halides is 3. The molecule has 0 aromatic heterocycles. The van der Waals surface area contributed by atoms with Crippen molar-refractivity contribution in [1.82, 2.24) is 10.7 Å². The summed E-state index contributed by atoms with van der Waals surface area (Å²) in [7, 11) is 3.92. The van der Waals surface area contributed by atoms with E-state index < -0.39 is 29.6 Å². The van der Waals surface area contributed by atoms with Gasteiger partial charge in [-0.15, -0.1) is 0 Å². The predicted octanol–water partition coefficient (Wildman–Crippen LogP) is 4.93. The Kier molecular flexibility index (Phi) is 8.98. The fourth-order valence-electron chi connectivity index (χ4n) is 3.61. The smallest absolute Gasteiger partial charge is 0.377 e. The normalized spacial score (nSPS) is 12.5. The summed E-state index contributed by atoms with van der Waals surface area (Å²) in [6.07, 6.45) is -0.752. The van der Waals surface area contributed by atoms with Crippen molar-refractivity contribution in [3.8, 4) is 0 Å². The third-order valence-electron chi connectivity index (χ3n) is 5.50. The van der Waals surface area contributed by atoms with Gasteiger partial charge in [-0.1, -0.05) is 30.3 Å². The van der Waals surface area contributed by atoms with Crippen LogP contribution in [0.1, 0.15) is 27.9 Å². The molecule has 3 aromatic rings. The van der Waals surface area contributed by atoms with E-state index in [9.17, 15) is 22.8 Å². The highest BCUT2D eigenvalue weighted by Gasteiger charge is 2.30. The van der Waals surface area contributed by atoms with Crippen LogP contribution in [0.2, 0.25) is 0 Å². The van der Waals surface area contributed by atoms with Crippen LogP contribution in [0.4, 0.5) is 18.9 Å². The Balaban J connectivity index is 1.72. The molecule has 1 atom stereocenters. The number of thioether (sulfide) groups is 1. The quantitative estimate of drug-likeness (QED) is 0.313. The molecule has 0 radical (unpaired) electrons. The number of hydrogen-bond donors (Lipinski definition) is 2. The van der Waals surface area contributed by atoms with Gasteiger partial charge in [-0.25, -0.2) is 5.43 Å². The summed E-state index contributed by atoms with van der Waals surface area (Å²) < 4.78 is 38.4. The van der Waals surface area contributed by atoms with Crippen molar-refractivity contribution in [2.24, 2.45) is 5.10 Å². The lowest BCUT2D eigenvalue weighted by Crippen LogP contribution is -2.45. The highest BCUT2D eigenvalue weighted by atomic mass is 32.2. The van der Waals surface area contributed by atoms with Crippen LogP contribution in [0.5, 0.6) is 0 Å². The molecular weight excluding hydrogens is 489 g/mol. The molecule has 0 spiro atoms. The van der Waals surface area contributed by atoms with E-state index >= 15 is 0 Å². The van der Waals surface area contributed by atoms with E-state index in [0.717, 1.165) is 46.3 Å². The van der Waals surface area contributed by atoms with Crippen molar-refractivity contribution >= 4 is 46.3 Å². The number of amides is 2. The number of fused-ring (bicyclic) bond motifs is 1. The van der Waals surface area contributed by atoms with Crippen molar-refractivity contribution in [3.63, 3.8) is 0 Å². The van der Waals surface area contributed by atoms with Gasteiger partial charge in [-0.2, -0.15) is 30.0 Å². The predicted molar refractivity (Wildman–Crippen MR) is 140 cm³/mol. The fraction of sp³-hybridized carbons (Fsp3) is 0.269. The second-order valence-corrected chi connectivity index (χ2v) is 9.22. The Morgan fingerprint density at radius 1 is 1.03 bits per heavy atom. The Hall–Kier alpha value is -3.53. The molecule has 0 heterocycles. The first-order valence-corrected chi connectivity index (χ1v) is 12.5. The summed E-state index contributed by atoms with van der Waals surface area (Å²) in [5.74, 6) is -0.569. The van der Waals surface area contributed by atoms with Gasteiger partial charge in [0.2, 0.25) is 0 Å². The summed E-state index contributed by atoms with van der Waals surface area (Å²) in [6.45, 7) is 0. The van der Waals surface area contributed by atoms with E-state index in [4.69, 9.17) is 0 Å². The number of nitrogens with one attached hydrogen (secondary N) is 2. The molecule has 2 amide bonds. The van der Waals surface area contributed by atoms with E-state index in [1.54, 1.807) is 6.21 Å². The third-order valence-corrected chi connectivity index (χ3v) is 6.15.